The maximum absolute atomic E-state index is 12.0. The van der Waals surface area contributed by atoms with Gasteiger partial charge in [-0.1, -0.05) is 47.4 Å². The number of hydrogen-bond donors (Lipinski definition) is 1. The summed E-state index contributed by atoms with van der Waals surface area (Å²) in [5, 5.41) is 27.1. The van der Waals surface area contributed by atoms with E-state index in [9.17, 15) is 15.2 Å². The zero-order valence-electron chi connectivity index (χ0n) is 17.0. The zero-order valence-corrected chi connectivity index (χ0v) is 17.7. The van der Waals surface area contributed by atoms with Crippen LogP contribution in [-0.4, -0.2) is 38.0 Å². The van der Waals surface area contributed by atoms with Gasteiger partial charge in [0.25, 0.3) is 5.69 Å². The van der Waals surface area contributed by atoms with E-state index in [1.165, 1.54) is 0 Å². The second-order valence-electron chi connectivity index (χ2n) is 7.97. The number of nitro groups is 1. The third kappa shape index (κ3) is 2.47. The molecule has 0 amide bonds. The van der Waals surface area contributed by atoms with Crippen LogP contribution < -0.4 is 16.4 Å². The molecule has 0 unspecified atom stereocenters. The molecule has 0 aliphatic heterocycles. The normalized spacial score (nSPS) is 11.9. The number of para-hydroxylation sites is 1. The van der Waals surface area contributed by atoms with Gasteiger partial charge in [-0.2, -0.15) is 0 Å². The molecule has 0 atom stereocenters. The van der Waals surface area contributed by atoms with Gasteiger partial charge in [0, 0.05) is 32.1 Å². The van der Waals surface area contributed by atoms with E-state index in [4.69, 9.17) is 35.1 Å². The van der Waals surface area contributed by atoms with Crippen molar-refractivity contribution in [2.75, 3.05) is 0 Å². The number of phenolic OH excluding ortho intramolecular Hbond substituents is 1. The summed E-state index contributed by atoms with van der Waals surface area (Å²) >= 11 is 6.26. The molecule has 4 aromatic carbocycles. The first-order valence-electron chi connectivity index (χ1n) is 10.0. The number of fused-ring (bicyclic) bond motifs is 6. The molecule has 150 valence electrons. The molecule has 0 aliphatic rings. The van der Waals surface area contributed by atoms with Crippen molar-refractivity contribution in [1.29, 1.82) is 0 Å². The molecule has 33 heavy (non-hydrogen) atoms. The molecule has 6 rings (SSSR count). The van der Waals surface area contributed by atoms with Crippen molar-refractivity contribution < 1.29 is 10.0 Å². The van der Waals surface area contributed by atoms with Crippen LogP contribution in [0, 0.1) is 10.1 Å². The standard InChI is InChI=1S/C24H10B3ClN2O3/c25-19-20(26)23(30(32)33)18(24(31)21(19)27)12-4-2-6-16-17(12)13-5-1-3-11-14-9-10(28)7-8-15(14)29(16)22(11)13/h1-9,31H. The molecule has 0 bridgehead atoms. The lowest BCUT2D eigenvalue weighted by Gasteiger charge is -2.16. The van der Waals surface area contributed by atoms with Crippen LogP contribution in [-0.2, 0) is 0 Å². The zero-order chi connectivity index (χ0) is 23.2. The molecular weight excluding hydrogens is 432 g/mol. The number of rotatable bonds is 2. The SMILES string of the molecule is [B]c1c([B])c(O)c(-c2cccc3c2c2cccc4c5cc(Cl)ccc5n3c42)c([N+](=O)[O-])c1[B]. The quantitative estimate of drug-likeness (QED) is 0.255. The van der Waals surface area contributed by atoms with Crippen molar-refractivity contribution in [2.24, 2.45) is 0 Å². The van der Waals surface area contributed by atoms with Crippen LogP contribution in [0.5, 0.6) is 5.75 Å². The molecule has 5 nitrogen and oxygen atoms in total. The molecule has 0 saturated carbocycles. The Balaban J connectivity index is 1.87. The van der Waals surface area contributed by atoms with Gasteiger partial charge in [-0.05, 0) is 29.7 Å². The fourth-order valence-electron chi connectivity index (χ4n) is 4.94. The number of nitrogens with zero attached hydrogens (tertiary/aromatic N) is 2. The predicted molar refractivity (Wildman–Crippen MR) is 136 cm³/mol. The van der Waals surface area contributed by atoms with Crippen LogP contribution >= 0.6 is 11.6 Å². The van der Waals surface area contributed by atoms with E-state index in [0.717, 1.165) is 38.1 Å². The predicted octanol–water partition coefficient (Wildman–Crippen LogP) is 3.15. The fraction of sp³-hybridized carbons (Fsp3) is 0. The Hall–Kier alpha value is -3.64. The summed E-state index contributed by atoms with van der Waals surface area (Å²) in [6.45, 7) is 0. The molecule has 6 aromatic rings. The van der Waals surface area contributed by atoms with Crippen molar-refractivity contribution in [3.8, 4) is 16.9 Å². The molecule has 0 saturated heterocycles. The van der Waals surface area contributed by atoms with Gasteiger partial charge in [0.05, 0.1) is 21.5 Å². The Labute approximate surface area is 196 Å². The van der Waals surface area contributed by atoms with Gasteiger partial charge in [-0.15, -0.1) is 5.46 Å². The van der Waals surface area contributed by atoms with Crippen molar-refractivity contribution >= 4 is 95.3 Å². The van der Waals surface area contributed by atoms with Crippen molar-refractivity contribution in [3.63, 3.8) is 0 Å². The number of aromatic nitrogens is 1. The average molecular weight is 442 g/mol. The summed E-state index contributed by atoms with van der Waals surface area (Å²) in [5.74, 6) is -0.470. The summed E-state index contributed by atoms with van der Waals surface area (Å²) in [6.07, 6.45) is 0. The minimum absolute atomic E-state index is 0.0591. The Morgan fingerprint density at radius 1 is 0.879 bits per heavy atom. The number of halogens is 1. The van der Waals surface area contributed by atoms with Crippen LogP contribution in [0.4, 0.5) is 5.69 Å². The molecule has 0 spiro atoms. The van der Waals surface area contributed by atoms with E-state index in [1.54, 1.807) is 12.1 Å². The molecule has 0 aliphatic carbocycles. The molecule has 0 fully saturated rings. The van der Waals surface area contributed by atoms with Gasteiger partial charge in [-0.3, -0.25) is 10.1 Å². The van der Waals surface area contributed by atoms with Gasteiger partial charge in [-0.25, -0.2) is 0 Å². The first kappa shape index (κ1) is 20.0. The van der Waals surface area contributed by atoms with Crippen LogP contribution in [0.25, 0.3) is 49.2 Å². The maximum atomic E-state index is 12.0. The number of benzene rings is 4. The summed E-state index contributed by atoms with van der Waals surface area (Å²) in [7, 11) is 17.8. The fourth-order valence-corrected chi connectivity index (χ4v) is 5.11. The lowest BCUT2D eigenvalue weighted by Crippen LogP contribution is -2.40. The van der Waals surface area contributed by atoms with E-state index in [0.29, 0.717) is 10.6 Å². The molecular formula is C24H10B3ClN2O3. The van der Waals surface area contributed by atoms with Crippen molar-refractivity contribution in [1.82, 2.24) is 4.40 Å². The molecule has 6 radical (unpaired) electrons. The Kier molecular flexibility index (Phi) is 4.05. The van der Waals surface area contributed by atoms with Gasteiger partial charge >= 0.3 is 0 Å². The Morgan fingerprint density at radius 2 is 1.61 bits per heavy atom. The monoisotopic (exact) mass is 442 g/mol. The van der Waals surface area contributed by atoms with Gasteiger partial charge in [0.2, 0.25) is 0 Å². The van der Waals surface area contributed by atoms with E-state index >= 15 is 0 Å². The first-order valence-corrected chi connectivity index (χ1v) is 10.4. The largest absolute Gasteiger partial charge is 0.508 e. The van der Waals surface area contributed by atoms with E-state index < -0.39 is 16.4 Å². The van der Waals surface area contributed by atoms with Gasteiger partial charge in [0.1, 0.15) is 34.9 Å². The smallest absolute Gasteiger partial charge is 0.273 e. The molecule has 2 heterocycles. The molecule has 2 aromatic heterocycles. The minimum atomic E-state index is -0.646. The third-order valence-electron chi connectivity index (χ3n) is 6.32. The highest BCUT2D eigenvalue weighted by Gasteiger charge is 2.28. The summed E-state index contributed by atoms with van der Waals surface area (Å²) in [5.41, 5.74) is 1.94. The highest BCUT2D eigenvalue weighted by Crippen LogP contribution is 2.45. The molecule has 9 heteroatoms. The average Bonchev–Trinajstić information content (AvgIpc) is 3.31. The topological polar surface area (TPSA) is 67.8 Å². The van der Waals surface area contributed by atoms with Crippen molar-refractivity contribution in [3.05, 3.63) is 69.7 Å². The summed E-state index contributed by atoms with van der Waals surface area (Å²) < 4.78 is 2.10. The van der Waals surface area contributed by atoms with E-state index in [2.05, 4.69) is 4.40 Å². The van der Waals surface area contributed by atoms with E-state index in [-0.39, 0.29) is 22.0 Å². The second kappa shape index (κ2) is 6.69. The number of hydrogen-bond acceptors (Lipinski definition) is 3. The first-order chi connectivity index (χ1) is 15.8. The maximum Gasteiger partial charge on any atom is 0.273 e. The van der Waals surface area contributed by atoms with Crippen LogP contribution in [0.1, 0.15) is 0 Å². The summed E-state index contributed by atoms with van der Waals surface area (Å²) in [6, 6.07) is 17.0. The highest BCUT2D eigenvalue weighted by molar-refractivity contribution is 6.60. The summed E-state index contributed by atoms with van der Waals surface area (Å²) in [4.78, 5) is 11.4. The van der Waals surface area contributed by atoms with Crippen LogP contribution in [0.2, 0.25) is 5.02 Å². The Bertz CT molecular complexity index is 1810. The van der Waals surface area contributed by atoms with E-state index in [1.807, 2.05) is 42.5 Å². The lowest BCUT2D eigenvalue weighted by atomic mass is 9.69. The van der Waals surface area contributed by atoms with Crippen LogP contribution in [0.15, 0.2) is 54.6 Å². The van der Waals surface area contributed by atoms with Crippen LogP contribution in [0.3, 0.4) is 0 Å². The minimum Gasteiger partial charge on any atom is -0.508 e. The number of aromatic hydroxyl groups is 1. The third-order valence-corrected chi connectivity index (χ3v) is 6.55. The molecule has 1 N–H and O–H groups in total. The Morgan fingerprint density at radius 3 is 2.36 bits per heavy atom. The number of nitro benzene ring substituents is 1. The van der Waals surface area contributed by atoms with Crippen molar-refractivity contribution in [2.45, 2.75) is 0 Å². The van der Waals surface area contributed by atoms with Gasteiger partial charge < -0.3 is 9.51 Å². The second-order valence-corrected chi connectivity index (χ2v) is 8.41. The lowest BCUT2D eigenvalue weighted by molar-refractivity contribution is -0.382. The highest BCUT2D eigenvalue weighted by atomic mass is 35.5. The number of phenols is 1. The van der Waals surface area contributed by atoms with Gasteiger partial charge in [0.15, 0.2) is 0 Å².